The Morgan fingerprint density at radius 3 is 2.88 bits per heavy atom. The van der Waals surface area contributed by atoms with Crippen LogP contribution in [0.5, 0.6) is 0 Å². The fraction of sp³-hybridized carbons (Fsp3) is 0.583. The van der Waals surface area contributed by atoms with Gasteiger partial charge in [0.1, 0.15) is 0 Å². The minimum Gasteiger partial charge on any atom is -0.377 e. The van der Waals surface area contributed by atoms with Gasteiger partial charge in [0.2, 0.25) is 0 Å². The molecule has 5 heteroatoms. The summed E-state index contributed by atoms with van der Waals surface area (Å²) in [6.45, 7) is 0. The number of aromatic nitrogens is 1. The van der Waals surface area contributed by atoms with Crippen LogP contribution in [0.3, 0.4) is 0 Å². The molecule has 1 fully saturated rings. The van der Waals surface area contributed by atoms with Gasteiger partial charge in [-0.25, -0.2) is 0 Å². The van der Waals surface area contributed by atoms with Crippen LogP contribution >= 0.6 is 11.6 Å². The number of rotatable bonds is 5. The number of hydrazine groups is 1. The average molecular weight is 256 g/mol. The number of ether oxygens (including phenoxy) is 1. The molecular formula is C12H18ClN3O. The van der Waals surface area contributed by atoms with Gasteiger partial charge in [-0.3, -0.25) is 16.3 Å². The lowest BCUT2D eigenvalue weighted by Gasteiger charge is -2.46. The van der Waals surface area contributed by atoms with Crippen molar-refractivity contribution in [2.24, 2.45) is 5.84 Å². The predicted octanol–water partition coefficient (Wildman–Crippen LogP) is 1.68. The Bertz CT molecular complexity index is 376. The molecule has 0 bridgehead atoms. The molecule has 4 nitrogen and oxygen atoms in total. The van der Waals surface area contributed by atoms with Gasteiger partial charge in [-0.05, 0) is 37.3 Å². The van der Waals surface area contributed by atoms with Crippen LogP contribution in [0.15, 0.2) is 18.5 Å². The molecule has 0 spiro atoms. The summed E-state index contributed by atoms with van der Waals surface area (Å²) >= 11 is 6.11. The molecule has 1 aliphatic carbocycles. The van der Waals surface area contributed by atoms with Crippen molar-refractivity contribution in [2.45, 2.75) is 37.3 Å². The zero-order valence-electron chi connectivity index (χ0n) is 9.95. The van der Waals surface area contributed by atoms with Crippen molar-refractivity contribution in [2.75, 3.05) is 7.11 Å². The van der Waals surface area contributed by atoms with E-state index in [4.69, 9.17) is 22.2 Å². The van der Waals surface area contributed by atoms with Crippen molar-refractivity contribution >= 4 is 11.6 Å². The highest BCUT2D eigenvalue weighted by atomic mass is 35.5. The lowest BCUT2D eigenvalue weighted by molar-refractivity contribution is -0.0982. The van der Waals surface area contributed by atoms with Gasteiger partial charge in [-0.15, -0.1) is 0 Å². The number of hydrogen-bond acceptors (Lipinski definition) is 4. The largest absolute Gasteiger partial charge is 0.377 e. The van der Waals surface area contributed by atoms with E-state index in [2.05, 4.69) is 10.4 Å². The van der Waals surface area contributed by atoms with Crippen molar-refractivity contribution < 1.29 is 4.74 Å². The third kappa shape index (κ3) is 2.45. The maximum absolute atomic E-state index is 6.11. The molecule has 3 N–H and O–H groups in total. The van der Waals surface area contributed by atoms with Crippen molar-refractivity contribution in [3.8, 4) is 0 Å². The van der Waals surface area contributed by atoms with Gasteiger partial charge >= 0.3 is 0 Å². The topological polar surface area (TPSA) is 60.2 Å². The maximum Gasteiger partial charge on any atom is 0.0847 e. The van der Waals surface area contributed by atoms with E-state index in [0.29, 0.717) is 5.02 Å². The van der Waals surface area contributed by atoms with Gasteiger partial charge in [-0.2, -0.15) is 0 Å². The van der Waals surface area contributed by atoms with Gasteiger partial charge in [0, 0.05) is 19.5 Å². The van der Waals surface area contributed by atoms with Crippen LogP contribution in [0.4, 0.5) is 0 Å². The first-order valence-corrected chi connectivity index (χ1v) is 6.19. The summed E-state index contributed by atoms with van der Waals surface area (Å²) < 4.78 is 5.64. The summed E-state index contributed by atoms with van der Waals surface area (Å²) in [5.74, 6) is 5.65. The normalized spacial score (nSPS) is 19.7. The van der Waals surface area contributed by atoms with E-state index in [9.17, 15) is 0 Å². The fourth-order valence-electron chi connectivity index (χ4n) is 2.41. The number of methoxy groups -OCH3 is 1. The van der Waals surface area contributed by atoms with Gasteiger partial charge in [0.15, 0.2) is 0 Å². The molecule has 2 rings (SSSR count). The molecular weight excluding hydrogens is 238 g/mol. The van der Waals surface area contributed by atoms with Gasteiger partial charge in [0.25, 0.3) is 0 Å². The second kappa shape index (κ2) is 5.31. The monoisotopic (exact) mass is 255 g/mol. The molecule has 0 saturated heterocycles. The molecule has 1 aromatic rings. The summed E-state index contributed by atoms with van der Waals surface area (Å²) in [6, 6.07) is 2.01. The molecule has 0 amide bonds. The Kier molecular flexibility index (Phi) is 3.99. The van der Waals surface area contributed by atoms with Crippen molar-refractivity contribution in [3.63, 3.8) is 0 Å². The second-order valence-corrected chi connectivity index (χ2v) is 4.92. The molecule has 1 saturated carbocycles. The summed E-state index contributed by atoms with van der Waals surface area (Å²) in [4.78, 5) is 3.98. The highest BCUT2D eigenvalue weighted by molar-refractivity contribution is 6.31. The lowest BCUT2D eigenvalue weighted by atomic mass is 9.73. The van der Waals surface area contributed by atoms with Gasteiger partial charge < -0.3 is 4.74 Å². The molecule has 1 aliphatic rings. The van der Waals surface area contributed by atoms with Gasteiger partial charge in [-0.1, -0.05) is 11.6 Å². The Morgan fingerprint density at radius 2 is 2.41 bits per heavy atom. The molecule has 94 valence electrons. The van der Waals surface area contributed by atoms with E-state index in [1.807, 2.05) is 6.07 Å². The molecule has 1 heterocycles. The van der Waals surface area contributed by atoms with E-state index >= 15 is 0 Å². The maximum atomic E-state index is 6.11. The standard InChI is InChI=1S/C12H18ClN3O/c1-17-12(4-2-5-12)11(16-14)7-9-3-6-15-8-10(9)13/h3,6,8,11,16H,2,4-5,7,14H2,1H3. The SMILES string of the molecule is COC1(C(Cc2ccncc2Cl)NN)CCC1. The van der Waals surface area contributed by atoms with Crippen LogP contribution in [-0.2, 0) is 11.2 Å². The highest BCUT2D eigenvalue weighted by Gasteiger charge is 2.44. The van der Waals surface area contributed by atoms with Crippen molar-refractivity contribution in [1.82, 2.24) is 10.4 Å². The summed E-state index contributed by atoms with van der Waals surface area (Å²) in [7, 11) is 1.75. The zero-order valence-corrected chi connectivity index (χ0v) is 10.7. The van der Waals surface area contributed by atoms with Crippen LogP contribution in [0.1, 0.15) is 24.8 Å². The van der Waals surface area contributed by atoms with Crippen molar-refractivity contribution in [1.29, 1.82) is 0 Å². The summed E-state index contributed by atoms with van der Waals surface area (Å²) in [5.41, 5.74) is 3.78. The van der Waals surface area contributed by atoms with Gasteiger partial charge in [0.05, 0.1) is 16.7 Å². The first kappa shape index (κ1) is 12.8. The highest BCUT2D eigenvalue weighted by Crippen LogP contribution is 2.39. The Balaban J connectivity index is 2.13. The van der Waals surface area contributed by atoms with Crippen LogP contribution in [0, 0.1) is 0 Å². The first-order valence-electron chi connectivity index (χ1n) is 5.81. The third-order valence-corrected chi connectivity index (χ3v) is 4.06. The smallest absolute Gasteiger partial charge is 0.0847 e. The van der Waals surface area contributed by atoms with Crippen LogP contribution in [0.25, 0.3) is 0 Å². The Labute approximate surface area is 106 Å². The molecule has 1 aromatic heterocycles. The van der Waals surface area contributed by atoms with Crippen LogP contribution < -0.4 is 11.3 Å². The zero-order chi connectivity index (χ0) is 12.3. The Hall–Kier alpha value is -0.680. The van der Waals surface area contributed by atoms with Crippen LogP contribution in [0.2, 0.25) is 5.02 Å². The fourth-order valence-corrected chi connectivity index (χ4v) is 2.60. The third-order valence-electron chi connectivity index (χ3n) is 3.72. The van der Waals surface area contributed by atoms with E-state index in [1.165, 1.54) is 6.42 Å². The lowest BCUT2D eigenvalue weighted by Crippen LogP contribution is -2.59. The number of nitrogens with one attached hydrogen (secondary N) is 1. The van der Waals surface area contributed by atoms with Crippen molar-refractivity contribution in [3.05, 3.63) is 29.0 Å². The first-order chi connectivity index (χ1) is 8.22. The second-order valence-electron chi connectivity index (χ2n) is 4.51. The van der Waals surface area contributed by atoms with Crippen LogP contribution in [-0.4, -0.2) is 23.7 Å². The average Bonchev–Trinajstić information content (AvgIpc) is 2.29. The summed E-state index contributed by atoms with van der Waals surface area (Å²) in [6.07, 6.45) is 7.43. The molecule has 1 atom stereocenters. The molecule has 0 aromatic carbocycles. The predicted molar refractivity (Wildman–Crippen MR) is 67.7 cm³/mol. The number of nitrogens with zero attached hydrogens (tertiary/aromatic N) is 1. The Morgan fingerprint density at radius 1 is 1.65 bits per heavy atom. The number of halogens is 1. The molecule has 1 unspecified atom stereocenters. The van der Waals surface area contributed by atoms with E-state index < -0.39 is 0 Å². The minimum absolute atomic E-state index is 0.0844. The molecule has 17 heavy (non-hydrogen) atoms. The number of nitrogens with two attached hydrogens (primary N) is 1. The quantitative estimate of drug-likeness (QED) is 0.621. The molecule has 0 radical (unpaired) electrons. The molecule has 0 aliphatic heterocycles. The van der Waals surface area contributed by atoms with E-state index in [1.54, 1.807) is 19.5 Å². The number of pyridine rings is 1. The van der Waals surface area contributed by atoms with E-state index in [0.717, 1.165) is 24.8 Å². The van der Waals surface area contributed by atoms with E-state index in [-0.39, 0.29) is 11.6 Å². The minimum atomic E-state index is -0.138. The number of hydrogen-bond donors (Lipinski definition) is 2. The summed E-state index contributed by atoms with van der Waals surface area (Å²) in [5, 5.41) is 0.679.